The van der Waals surface area contributed by atoms with Gasteiger partial charge in [0, 0.05) is 6.54 Å². The van der Waals surface area contributed by atoms with Crippen molar-refractivity contribution in [2.24, 2.45) is 0 Å². The van der Waals surface area contributed by atoms with Crippen molar-refractivity contribution >= 4 is 17.7 Å². The van der Waals surface area contributed by atoms with Crippen LogP contribution in [0.2, 0.25) is 0 Å². The van der Waals surface area contributed by atoms with Crippen LogP contribution >= 0.6 is 0 Å². The fraction of sp³-hybridized carbons (Fsp3) is 0.421. The molecule has 1 N–H and O–H groups in total. The fourth-order valence-corrected chi connectivity index (χ4v) is 2.58. The molecule has 2 aromatic rings. The predicted octanol–water partition coefficient (Wildman–Crippen LogP) is 4.70. The van der Waals surface area contributed by atoms with Gasteiger partial charge in [-0.1, -0.05) is 31.9 Å². The SMILES string of the molecule is CCCCCN(Cc1nc(C(=O)OC)co1)C(=O)Nc1ccccc1C(F)(F)F. The number of esters is 1. The van der Waals surface area contributed by atoms with Crippen molar-refractivity contribution in [2.75, 3.05) is 19.0 Å². The van der Waals surface area contributed by atoms with Gasteiger partial charge in [0.15, 0.2) is 5.69 Å². The van der Waals surface area contributed by atoms with Crippen LogP contribution in [0.4, 0.5) is 23.7 Å². The number of anilines is 1. The zero-order chi connectivity index (χ0) is 21.4. The Kier molecular flexibility index (Phi) is 7.63. The quantitative estimate of drug-likeness (QED) is 0.501. The van der Waals surface area contributed by atoms with Gasteiger partial charge in [-0.15, -0.1) is 0 Å². The molecule has 0 atom stereocenters. The highest BCUT2D eigenvalue weighted by Crippen LogP contribution is 2.34. The van der Waals surface area contributed by atoms with Gasteiger partial charge in [-0.3, -0.25) is 0 Å². The molecule has 0 unspecified atom stereocenters. The number of benzene rings is 1. The molecule has 10 heteroatoms. The molecule has 0 bridgehead atoms. The number of alkyl halides is 3. The topological polar surface area (TPSA) is 84.7 Å². The molecule has 7 nitrogen and oxygen atoms in total. The fourth-order valence-electron chi connectivity index (χ4n) is 2.58. The number of nitrogens with one attached hydrogen (secondary N) is 1. The van der Waals surface area contributed by atoms with Crippen LogP contribution in [0.15, 0.2) is 34.9 Å². The summed E-state index contributed by atoms with van der Waals surface area (Å²) in [6.45, 7) is 2.16. The summed E-state index contributed by atoms with van der Waals surface area (Å²) in [5.41, 5.74) is -1.34. The lowest BCUT2D eigenvalue weighted by molar-refractivity contribution is -0.136. The second-order valence-electron chi connectivity index (χ2n) is 6.22. The minimum absolute atomic E-state index is 0.0566. The van der Waals surface area contributed by atoms with Gasteiger partial charge >= 0.3 is 18.2 Å². The first-order valence-electron chi connectivity index (χ1n) is 9.01. The van der Waals surface area contributed by atoms with E-state index < -0.39 is 23.7 Å². The minimum Gasteiger partial charge on any atom is -0.464 e. The summed E-state index contributed by atoms with van der Waals surface area (Å²) in [5.74, 6) is -0.623. The van der Waals surface area contributed by atoms with E-state index in [4.69, 9.17) is 4.42 Å². The summed E-state index contributed by atoms with van der Waals surface area (Å²) in [6, 6.07) is 4.01. The molecule has 2 amide bonds. The molecule has 0 aliphatic heterocycles. The Balaban J connectivity index is 2.18. The highest BCUT2D eigenvalue weighted by atomic mass is 19.4. The molecule has 0 saturated heterocycles. The highest BCUT2D eigenvalue weighted by molar-refractivity contribution is 5.90. The third-order valence-corrected chi connectivity index (χ3v) is 4.07. The summed E-state index contributed by atoms with van der Waals surface area (Å²) in [5, 5.41) is 2.31. The van der Waals surface area contributed by atoms with Gasteiger partial charge in [0.05, 0.1) is 24.9 Å². The van der Waals surface area contributed by atoms with Gasteiger partial charge in [-0.2, -0.15) is 13.2 Å². The van der Waals surface area contributed by atoms with E-state index in [1.54, 1.807) is 0 Å². The Morgan fingerprint density at radius 2 is 1.97 bits per heavy atom. The van der Waals surface area contributed by atoms with Gasteiger partial charge < -0.3 is 19.4 Å². The lowest BCUT2D eigenvalue weighted by Crippen LogP contribution is -2.36. The van der Waals surface area contributed by atoms with Crippen molar-refractivity contribution < 1.29 is 31.9 Å². The monoisotopic (exact) mass is 413 g/mol. The molecule has 0 fully saturated rings. The number of methoxy groups -OCH3 is 1. The second-order valence-corrected chi connectivity index (χ2v) is 6.22. The van der Waals surface area contributed by atoms with Crippen LogP contribution < -0.4 is 5.32 Å². The molecule has 0 radical (unpaired) electrons. The zero-order valence-corrected chi connectivity index (χ0v) is 16.1. The maximum atomic E-state index is 13.2. The van der Waals surface area contributed by atoms with E-state index in [9.17, 15) is 22.8 Å². The number of hydrogen-bond donors (Lipinski definition) is 1. The summed E-state index contributed by atoms with van der Waals surface area (Å²) < 4.78 is 49.3. The molecule has 1 aromatic carbocycles. The largest absolute Gasteiger partial charge is 0.464 e. The van der Waals surface area contributed by atoms with Gasteiger partial charge in [-0.05, 0) is 18.6 Å². The van der Waals surface area contributed by atoms with Crippen molar-refractivity contribution in [3.63, 3.8) is 0 Å². The maximum Gasteiger partial charge on any atom is 0.418 e. The van der Waals surface area contributed by atoms with Crippen molar-refractivity contribution in [3.05, 3.63) is 47.7 Å². The molecule has 0 spiro atoms. The van der Waals surface area contributed by atoms with Crippen LogP contribution in [-0.4, -0.2) is 35.5 Å². The lowest BCUT2D eigenvalue weighted by Gasteiger charge is -2.23. The van der Waals surface area contributed by atoms with E-state index in [0.717, 1.165) is 25.2 Å². The molecule has 29 heavy (non-hydrogen) atoms. The molecule has 158 valence electrons. The summed E-state index contributed by atoms with van der Waals surface area (Å²) >= 11 is 0. The number of carbonyl (C=O) groups is 2. The number of oxazole rings is 1. The first-order valence-corrected chi connectivity index (χ1v) is 9.01. The maximum absolute atomic E-state index is 13.2. The highest BCUT2D eigenvalue weighted by Gasteiger charge is 2.34. The molecule has 0 saturated carbocycles. The van der Waals surface area contributed by atoms with Crippen LogP contribution in [0, 0.1) is 0 Å². The third-order valence-electron chi connectivity index (χ3n) is 4.07. The predicted molar refractivity (Wildman–Crippen MR) is 98.2 cm³/mol. The van der Waals surface area contributed by atoms with Crippen LogP contribution in [-0.2, 0) is 17.5 Å². The summed E-state index contributed by atoms with van der Waals surface area (Å²) in [6.07, 6.45) is -1.12. The Labute approximate surface area is 165 Å². The minimum atomic E-state index is -4.60. The number of unbranched alkanes of at least 4 members (excludes halogenated alkanes) is 2. The van der Waals surface area contributed by atoms with Gasteiger partial charge in [-0.25, -0.2) is 14.6 Å². The number of amides is 2. The number of ether oxygens (including phenoxy) is 1. The van der Waals surface area contributed by atoms with Crippen LogP contribution in [0.3, 0.4) is 0 Å². The summed E-state index contributed by atoms with van der Waals surface area (Å²) in [4.78, 5) is 29.4. The van der Waals surface area contributed by atoms with Crippen molar-refractivity contribution in [2.45, 2.75) is 38.9 Å². The smallest absolute Gasteiger partial charge is 0.418 e. The number of carbonyl (C=O) groups excluding carboxylic acids is 2. The van der Waals surface area contributed by atoms with Crippen LogP contribution in [0.1, 0.15) is 48.1 Å². The van der Waals surface area contributed by atoms with Crippen molar-refractivity contribution in [1.82, 2.24) is 9.88 Å². The van der Waals surface area contributed by atoms with E-state index in [0.29, 0.717) is 6.42 Å². The molecule has 0 aliphatic carbocycles. The standard InChI is InChI=1S/C19H22F3N3O4/c1-3-4-7-10-25(11-16-23-15(12-29-16)17(26)28-2)18(27)24-14-9-6-5-8-13(14)19(20,21)22/h5-6,8-9,12H,3-4,7,10-11H2,1-2H3,(H,24,27). The Hall–Kier alpha value is -3.04. The summed E-state index contributed by atoms with van der Waals surface area (Å²) in [7, 11) is 1.19. The van der Waals surface area contributed by atoms with E-state index >= 15 is 0 Å². The van der Waals surface area contributed by atoms with Crippen molar-refractivity contribution in [3.8, 4) is 0 Å². The van der Waals surface area contributed by atoms with E-state index in [1.165, 1.54) is 30.2 Å². The van der Waals surface area contributed by atoms with Crippen molar-refractivity contribution in [1.29, 1.82) is 0 Å². The average Bonchev–Trinajstić information content (AvgIpc) is 3.15. The Morgan fingerprint density at radius 3 is 2.62 bits per heavy atom. The Morgan fingerprint density at radius 1 is 1.24 bits per heavy atom. The number of rotatable bonds is 8. The molecule has 0 aliphatic rings. The van der Waals surface area contributed by atoms with Gasteiger partial charge in [0.1, 0.15) is 6.26 Å². The molecular weight excluding hydrogens is 391 g/mol. The zero-order valence-electron chi connectivity index (χ0n) is 16.1. The molecule has 1 aromatic heterocycles. The van der Waals surface area contributed by atoms with E-state index in [2.05, 4.69) is 15.0 Å². The number of para-hydroxylation sites is 1. The second kappa shape index (κ2) is 9.94. The van der Waals surface area contributed by atoms with Crippen LogP contribution in [0.25, 0.3) is 0 Å². The molecular formula is C19H22F3N3O4. The van der Waals surface area contributed by atoms with E-state index in [1.807, 2.05) is 6.92 Å². The normalized spacial score (nSPS) is 11.2. The number of aromatic nitrogens is 1. The lowest BCUT2D eigenvalue weighted by atomic mass is 10.1. The number of urea groups is 1. The first-order chi connectivity index (χ1) is 13.8. The third kappa shape index (κ3) is 6.23. The van der Waals surface area contributed by atoms with Crippen LogP contribution in [0.5, 0.6) is 0 Å². The van der Waals surface area contributed by atoms with Gasteiger partial charge in [0.2, 0.25) is 5.89 Å². The number of halogens is 3. The van der Waals surface area contributed by atoms with E-state index in [-0.39, 0.29) is 30.4 Å². The first kappa shape index (κ1) is 22.3. The van der Waals surface area contributed by atoms with Gasteiger partial charge in [0.25, 0.3) is 0 Å². The number of nitrogens with zero attached hydrogens (tertiary/aromatic N) is 2. The Bertz CT molecular complexity index is 836. The number of hydrogen-bond acceptors (Lipinski definition) is 5. The average molecular weight is 413 g/mol. The molecule has 2 rings (SSSR count). The molecule has 1 heterocycles.